The van der Waals surface area contributed by atoms with Gasteiger partial charge in [-0.05, 0) is 30.7 Å². The van der Waals surface area contributed by atoms with Crippen LogP contribution in [-0.2, 0) is 9.68 Å². The van der Waals surface area contributed by atoms with Gasteiger partial charge in [0.1, 0.15) is 11.5 Å². The Morgan fingerprint density at radius 2 is 1.61 bits per heavy atom. The van der Waals surface area contributed by atoms with Gasteiger partial charge in [0.15, 0.2) is 11.5 Å². The summed E-state index contributed by atoms with van der Waals surface area (Å²) in [6, 6.07) is 6.83. The molecule has 2 aromatic rings. The summed E-state index contributed by atoms with van der Waals surface area (Å²) in [6.45, 7) is 0.0861. The van der Waals surface area contributed by atoms with Gasteiger partial charge in [-0.2, -0.15) is 0 Å². The topological polar surface area (TPSA) is 74.2 Å². The van der Waals surface area contributed by atoms with Crippen molar-refractivity contribution in [1.29, 1.82) is 0 Å². The number of rotatable bonds is 8. The van der Waals surface area contributed by atoms with Gasteiger partial charge in [-0.3, -0.25) is 9.78 Å². The normalized spacial score (nSPS) is 11.0. The molecule has 1 N–H and O–H groups in total. The number of hydrogen-bond donors (Lipinski definition) is 1. The predicted molar refractivity (Wildman–Crippen MR) is 92.7 cm³/mol. The number of halogens is 5. The average molecular weight is 441 g/mol. The molecule has 0 aliphatic rings. The molecule has 0 spiro atoms. The van der Waals surface area contributed by atoms with Crippen LogP contribution in [0.4, 0.5) is 13.2 Å². The molecular weight excluding hydrogens is 428 g/mol. The molecular formula is C17H13Cl2F3O6. The molecule has 0 saturated carbocycles. The standard InChI is InChI=1S/C17H13Cl2F3O6/c18-13-8-10(23)9-14(19)16(13)25-7-1-2-15(24)28-27-12-5-3-11(4-6-12)26-17(20,21)22/h3-6,8-9,23H,1-2,7H2. The van der Waals surface area contributed by atoms with E-state index in [1.165, 1.54) is 12.1 Å². The van der Waals surface area contributed by atoms with E-state index in [1.54, 1.807) is 0 Å². The second kappa shape index (κ2) is 9.61. The van der Waals surface area contributed by atoms with Gasteiger partial charge < -0.3 is 14.6 Å². The minimum Gasteiger partial charge on any atom is -0.508 e. The summed E-state index contributed by atoms with van der Waals surface area (Å²) in [7, 11) is 0. The summed E-state index contributed by atoms with van der Waals surface area (Å²) in [4.78, 5) is 20.9. The van der Waals surface area contributed by atoms with Crippen LogP contribution in [0.2, 0.25) is 10.0 Å². The molecule has 0 aliphatic carbocycles. The first kappa shape index (κ1) is 21.8. The summed E-state index contributed by atoms with van der Waals surface area (Å²) >= 11 is 11.8. The molecule has 0 fully saturated rings. The van der Waals surface area contributed by atoms with Gasteiger partial charge in [-0.1, -0.05) is 23.2 Å². The highest BCUT2D eigenvalue weighted by Gasteiger charge is 2.31. The minimum atomic E-state index is -4.80. The lowest BCUT2D eigenvalue weighted by molar-refractivity contribution is -0.274. The Morgan fingerprint density at radius 3 is 2.18 bits per heavy atom. The fourth-order valence-electron chi connectivity index (χ4n) is 1.91. The number of carbonyl (C=O) groups excluding carboxylic acids is 1. The van der Waals surface area contributed by atoms with E-state index in [9.17, 15) is 23.1 Å². The zero-order valence-corrected chi connectivity index (χ0v) is 15.5. The molecule has 11 heteroatoms. The molecule has 0 amide bonds. The highest BCUT2D eigenvalue weighted by atomic mass is 35.5. The lowest BCUT2D eigenvalue weighted by Gasteiger charge is -2.10. The van der Waals surface area contributed by atoms with E-state index < -0.39 is 18.1 Å². The molecule has 0 aliphatic heterocycles. The maximum atomic E-state index is 12.1. The summed E-state index contributed by atoms with van der Waals surface area (Å²) < 4.78 is 45.2. The van der Waals surface area contributed by atoms with Crippen LogP contribution in [0.25, 0.3) is 0 Å². The Bertz CT molecular complexity index is 789. The van der Waals surface area contributed by atoms with E-state index >= 15 is 0 Å². The van der Waals surface area contributed by atoms with Crippen LogP contribution < -0.4 is 14.4 Å². The van der Waals surface area contributed by atoms with Gasteiger partial charge in [0.2, 0.25) is 0 Å². The molecule has 152 valence electrons. The number of carbonyl (C=O) groups is 1. The first-order valence-electron chi connectivity index (χ1n) is 7.68. The van der Waals surface area contributed by atoms with Crippen LogP contribution in [0.5, 0.6) is 23.0 Å². The average Bonchev–Trinajstić information content (AvgIpc) is 2.58. The number of alkyl halides is 3. The summed E-state index contributed by atoms with van der Waals surface area (Å²) in [5.74, 6) is -1.08. The minimum absolute atomic E-state index is 0.0155. The third kappa shape index (κ3) is 7.24. The van der Waals surface area contributed by atoms with Crippen LogP contribution in [0, 0.1) is 0 Å². The first-order valence-corrected chi connectivity index (χ1v) is 8.43. The van der Waals surface area contributed by atoms with Crippen LogP contribution in [0.15, 0.2) is 36.4 Å². The predicted octanol–water partition coefficient (Wildman–Crippen LogP) is 5.29. The second-order valence-corrected chi connectivity index (χ2v) is 6.06. The van der Waals surface area contributed by atoms with Crippen LogP contribution in [-0.4, -0.2) is 24.0 Å². The Balaban J connectivity index is 1.70. The molecule has 0 bridgehead atoms. The van der Waals surface area contributed by atoms with Crippen molar-refractivity contribution >= 4 is 29.2 Å². The first-order chi connectivity index (χ1) is 13.1. The maximum absolute atomic E-state index is 12.1. The molecule has 2 rings (SSSR count). The maximum Gasteiger partial charge on any atom is 0.573 e. The molecule has 0 heterocycles. The number of phenols is 1. The van der Waals surface area contributed by atoms with E-state index in [4.69, 9.17) is 32.8 Å². The van der Waals surface area contributed by atoms with E-state index in [-0.39, 0.29) is 46.7 Å². The molecule has 0 aromatic heterocycles. The van der Waals surface area contributed by atoms with Crippen molar-refractivity contribution in [1.82, 2.24) is 0 Å². The fourth-order valence-corrected chi connectivity index (χ4v) is 2.49. The number of aromatic hydroxyl groups is 1. The van der Waals surface area contributed by atoms with Crippen LogP contribution in [0.3, 0.4) is 0 Å². The highest BCUT2D eigenvalue weighted by Crippen LogP contribution is 2.36. The molecule has 6 nitrogen and oxygen atoms in total. The van der Waals surface area contributed by atoms with E-state index in [1.807, 2.05) is 0 Å². The van der Waals surface area contributed by atoms with Gasteiger partial charge in [0, 0.05) is 12.1 Å². The summed E-state index contributed by atoms with van der Waals surface area (Å²) in [5.41, 5.74) is 0. The number of hydrogen-bond acceptors (Lipinski definition) is 6. The largest absolute Gasteiger partial charge is 0.573 e. The van der Waals surface area contributed by atoms with Crippen molar-refractivity contribution in [2.45, 2.75) is 19.2 Å². The van der Waals surface area contributed by atoms with Crippen molar-refractivity contribution in [3.05, 3.63) is 46.4 Å². The zero-order valence-electron chi connectivity index (χ0n) is 14.0. The fraction of sp³-hybridized carbons (Fsp3) is 0.235. The third-order valence-corrected chi connectivity index (χ3v) is 3.60. The smallest absolute Gasteiger partial charge is 0.508 e. The lowest BCUT2D eigenvalue weighted by Crippen LogP contribution is -2.17. The summed E-state index contributed by atoms with van der Waals surface area (Å²) in [5, 5.41) is 9.56. The highest BCUT2D eigenvalue weighted by molar-refractivity contribution is 6.37. The van der Waals surface area contributed by atoms with Crippen LogP contribution >= 0.6 is 23.2 Å². The lowest BCUT2D eigenvalue weighted by atomic mass is 10.3. The third-order valence-electron chi connectivity index (χ3n) is 3.04. The molecule has 0 unspecified atom stereocenters. The van der Waals surface area contributed by atoms with E-state index in [0.29, 0.717) is 0 Å². The van der Waals surface area contributed by atoms with Gasteiger partial charge in [0.25, 0.3) is 0 Å². The number of benzene rings is 2. The monoisotopic (exact) mass is 440 g/mol. The van der Waals surface area contributed by atoms with Crippen molar-refractivity contribution < 1.29 is 42.3 Å². The molecule has 28 heavy (non-hydrogen) atoms. The van der Waals surface area contributed by atoms with Gasteiger partial charge >= 0.3 is 12.3 Å². The zero-order chi connectivity index (χ0) is 20.7. The summed E-state index contributed by atoms with van der Waals surface area (Å²) in [6.07, 6.45) is -4.62. The van der Waals surface area contributed by atoms with Gasteiger partial charge in [0.05, 0.1) is 23.1 Å². The SMILES string of the molecule is O=C(CCCOc1c(Cl)cc(O)cc1Cl)OOc1ccc(OC(F)(F)F)cc1. The van der Waals surface area contributed by atoms with Crippen molar-refractivity contribution in [3.8, 4) is 23.0 Å². The Labute approximate surface area is 167 Å². The van der Waals surface area contributed by atoms with Gasteiger partial charge in [-0.25, -0.2) is 4.79 Å². The second-order valence-electron chi connectivity index (χ2n) is 5.25. The van der Waals surface area contributed by atoms with Crippen LogP contribution in [0.1, 0.15) is 12.8 Å². The molecule has 2 aromatic carbocycles. The van der Waals surface area contributed by atoms with E-state index in [0.717, 1.165) is 24.3 Å². The van der Waals surface area contributed by atoms with Crippen molar-refractivity contribution in [3.63, 3.8) is 0 Å². The van der Waals surface area contributed by atoms with E-state index in [2.05, 4.69) is 9.62 Å². The molecule has 0 radical (unpaired) electrons. The Hall–Kier alpha value is -2.52. The quantitative estimate of drug-likeness (QED) is 0.341. The molecule has 0 atom stereocenters. The number of phenolic OH excluding ortho intramolecular Hbond substituents is 1. The van der Waals surface area contributed by atoms with Gasteiger partial charge in [-0.15, -0.1) is 13.2 Å². The number of ether oxygens (including phenoxy) is 2. The Morgan fingerprint density at radius 1 is 1.04 bits per heavy atom. The Kier molecular flexibility index (Phi) is 7.47. The molecule has 0 saturated heterocycles. The van der Waals surface area contributed by atoms with Crippen molar-refractivity contribution in [2.24, 2.45) is 0 Å². The van der Waals surface area contributed by atoms with Crippen molar-refractivity contribution in [2.75, 3.05) is 6.61 Å².